The van der Waals surface area contributed by atoms with Gasteiger partial charge in [0.2, 0.25) is 10.0 Å². The zero-order chi connectivity index (χ0) is 16.9. The molecule has 2 rings (SSSR count). The summed E-state index contributed by atoms with van der Waals surface area (Å²) in [5, 5.41) is 9.25. The van der Waals surface area contributed by atoms with Crippen LogP contribution in [0.15, 0.2) is 59.5 Å². The predicted octanol–water partition coefficient (Wildman–Crippen LogP) is 2.02. The van der Waals surface area contributed by atoms with E-state index in [2.05, 4.69) is 9.46 Å². The minimum atomic E-state index is -4.08. The highest BCUT2D eigenvalue weighted by atomic mass is 32.2. The summed E-state index contributed by atoms with van der Waals surface area (Å²) in [4.78, 5) is 11.5. The number of carbonyl (C=O) groups is 1. The molecule has 2 aromatic carbocycles. The van der Waals surface area contributed by atoms with Crippen molar-refractivity contribution >= 4 is 16.0 Å². The first-order valence-electron chi connectivity index (χ1n) is 6.64. The van der Waals surface area contributed by atoms with Gasteiger partial charge in [0, 0.05) is 0 Å². The van der Waals surface area contributed by atoms with Crippen LogP contribution in [-0.4, -0.2) is 21.5 Å². The monoisotopic (exact) mass is 330 g/mol. The Morgan fingerprint density at radius 1 is 1.13 bits per heavy atom. The second-order valence-corrected chi connectivity index (χ2v) is 6.26. The Labute approximate surface area is 134 Å². The second kappa shape index (κ2) is 7.05. The van der Waals surface area contributed by atoms with Gasteiger partial charge in [-0.2, -0.15) is 9.98 Å². The molecule has 7 heteroatoms. The van der Waals surface area contributed by atoms with Gasteiger partial charge in [0.15, 0.2) is 0 Å². The first kappa shape index (κ1) is 16.7. The summed E-state index contributed by atoms with van der Waals surface area (Å²) in [7, 11) is -2.91. The molecule has 0 aliphatic heterocycles. The van der Waals surface area contributed by atoms with Gasteiger partial charge in [0.05, 0.1) is 23.6 Å². The van der Waals surface area contributed by atoms with Gasteiger partial charge in [-0.05, 0) is 17.7 Å². The van der Waals surface area contributed by atoms with Crippen molar-refractivity contribution in [3.8, 4) is 6.07 Å². The molecule has 0 saturated heterocycles. The second-order valence-electron chi connectivity index (χ2n) is 4.58. The zero-order valence-electron chi connectivity index (χ0n) is 12.3. The van der Waals surface area contributed by atoms with Crippen molar-refractivity contribution in [3.05, 3.63) is 65.7 Å². The maximum atomic E-state index is 12.5. The molecule has 0 spiro atoms. The molecule has 0 aliphatic carbocycles. The number of ether oxygens (including phenoxy) is 1. The number of hydrogen-bond donors (Lipinski definition) is 1. The number of rotatable bonds is 5. The summed E-state index contributed by atoms with van der Waals surface area (Å²) < 4.78 is 32.0. The normalized spacial score (nSPS) is 12.2. The predicted molar refractivity (Wildman–Crippen MR) is 82.9 cm³/mol. The Hall–Kier alpha value is -2.69. The highest BCUT2D eigenvalue weighted by molar-refractivity contribution is 7.89. The fraction of sp³-hybridized carbons (Fsp3) is 0.125. The molecule has 118 valence electrons. The number of nitrogens with one attached hydrogen (secondary N) is 1. The smallest absolute Gasteiger partial charge is 0.339 e. The number of esters is 1. The molecule has 0 heterocycles. The molecule has 6 nitrogen and oxygen atoms in total. The van der Waals surface area contributed by atoms with Crippen molar-refractivity contribution in [2.75, 3.05) is 7.11 Å². The minimum Gasteiger partial charge on any atom is -0.465 e. The lowest BCUT2D eigenvalue weighted by atomic mass is 10.1. The Balaban J connectivity index is 2.40. The van der Waals surface area contributed by atoms with Crippen LogP contribution in [0.1, 0.15) is 22.0 Å². The van der Waals surface area contributed by atoms with Crippen LogP contribution in [0.5, 0.6) is 0 Å². The maximum Gasteiger partial charge on any atom is 0.339 e. The van der Waals surface area contributed by atoms with Crippen LogP contribution < -0.4 is 4.72 Å². The Kier molecular flexibility index (Phi) is 5.11. The molecule has 1 atom stereocenters. The van der Waals surface area contributed by atoms with Crippen LogP contribution in [0, 0.1) is 11.3 Å². The number of nitriles is 1. The fourth-order valence-electron chi connectivity index (χ4n) is 2.01. The number of hydrogen-bond acceptors (Lipinski definition) is 5. The summed E-state index contributed by atoms with van der Waals surface area (Å²) >= 11 is 0. The van der Waals surface area contributed by atoms with Crippen LogP contribution in [0.2, 0.25) is 0 Å². The lowest BCUT2D eigenvalue weighted by Gasteiger charge is -2.14. The van der Waals surface area contributed by atoms with Crippen molar-refractivity contribution in [2.45, 2.75) is 10.9 Å². The number of nitrogens with zero attached hydrogens (tertiary/aromatic N) is 1. The molecule has 0 bridgehead atoms. The topological polar surface area (TPSA) is 96.3 Å². The molecule has 0 radical (unpaired) electrons. The molecule has 0 aliphatic rings. The van der Waals surface area contributed by atoms with E-state index in [0.29, 0.717) is 5.56 Å². The third-order valence-electron chi connectivity index (χ3n) is 3.12. The van der Waals surface area contributed by atoms with Gasteiger partial charge < -0.3 is 4.74 Å². The van der Waals surface area contributed by atoms with Crippen LogP contribution >= 0.6 is 0 Å². The van der Waals surface area contributed by atoms with E-state index in [4.69, 9.17) is 0 Å². The summed E-state index contributed by atoms with van der Waals surface area (Å²) in [5.41, 5.74) is 0.418. The minimum absolute atomic E-state index is 0.0905. The van der Waals surface area contributed by atoms with Crippen LogP contribution in [0.4, 0.5) is 0 Å². The van der Waals surface area contributed by atoms with Crippen molar-refractivity contribution in [1.29, 1.82) is 5.26 Å². The number of carbonyl (C=O) groups excluding carboxylic acids is 1. The standard InChI is InChI=1S/C16H14N2O4S/c1-22-16(19)13-9-5-6-10-15(13)23(20,21)18-14(11-17)12-7-3-2-4-8-12/h2-10,14,18H,1H3. The first-order chi connectivity index (χ1) is 11.0. The number of benzene rings is 2. The summed E-state index contributed by atoms with van der Waals surface area (Å²) in [6.07, 6.45) is 0. The molecule has 2 aromatic rings. The van der Waals surface area contributed by atoms with Gasteiger partial charge in [-0.15, -0.1) is 0 Å². The zero-order valence-corrected chi connectivity index (χ0v) is 13.1. The van der Waals surface area contributed by atoms with E-state index in [0.717, 1.165) is 0 Å². The summed E-state index contributed by atoms with van der Waals surface area (Å²) in [6.45, 7) is 0. The van der Waals surface area contributed by atoms with Gasteiger partial charge in [-0.1, -0.05) is 42.5 Å². The Bertz CT molecular complexity index is 842. The largest absolute Gasteiger partial charge is 0.465 e. The highest BCUT2D eigenvalue weighted by Gasteiger charge is 2.26. The lowest BCUT2D eigenvalue weighted by Crippen LogP contribution is -2.29. The van der Waals surface area contributed by atoms with Gasteiger partial charge >= 0.3 is 5.97 Å². The molecular formula is C16H14N2O4S. The average molecular weight is 330 g/mol. The van der Waals surface area contributed by atoms with Gasteiger partial charge in [-0.25, -0.2) is 13.2 Å². The van der Waals surface area contributed by atoms with Crippen molar-refractivity contribution in [1.82, 2.24) is 4.72 Å². The van der Waals surface area contributed by atoms with Crippen LogP contribution in [-0.2, 0) is 14.8 Å². The lowest BCUT2D eigenvalue weighted by molar-refractivity contribution is 0.0596. The molecule has 23 heavy (non-hydrogen) atoms. The fourth-order valence-corrected chi connectivity index (χ4v) is 3.34. The van der Waals surface area contributed by atoms with Crippen molar-refractivity contribution < 1.29 is 17.9 Å². The quantitative estimate of drug-likeness (QED) is 0.846. The van der Waals surface area contributed by atoms with E-state index < -0.39 is 22.0 Å². The van der Waals surface area contributed by atoms with E-state index in [-0.39, 0.29) is 10.5 Å². The molecular weight excluding hydrogens is 316 g/mol. The summed E-state index contributed by atoms with van der Waals surface area (Å²) in [5.74, 6) is -0.765. The van der Waals surface area contributed by atoms with E-state index >= 15 is 0 Å². The number of methoxy groups -OCH3 is 1. The Morgan fingerprint density at radius 3 is 2.35 bits per heavy atom. The van der Waals surface area contributed by atoms with Crippen molar-refractivity contribution in [2.24, 2.45) is 0 Å². The van der Waals surface area contributed by atoms with Crippen LogP contribution in [0.3, 0.4) is 0 Å². The van der Waals surface area contributed by atoms with Gasteiger partial charge in [0.25, 0.3) is 0 Å². The van der Waals surface area contributed by atoms with Crippen molar-refractivity contribution in [3.63, 3.8) is 0 Å². The molecule has 1 N–H and O–H groups in total. The Morgan fingerprint density at radius 2 is 1.74 bits per heavy atom. The molecule has 0 aromatic heterocycles. The van der Waals surface area contributed by atoms with Gasteiger partial charge in [-0.3, -0.25) is 0 Å². The van der Waals surface area contributed by atoms with E-state index in [1.807, 2.05) is 6.07 Å². The average Bonchev–Trinajstić information content (AvgIpc) is 2.59. The number of sulfonamides is 1. The first-order valence-corrected chi connectivity index (χ1v) is 8.12. The molecule has 1 unspecified atom stereocenters. The maximum absolute atomic E-state index is 12.5. The van der Waals surface area contributed by atoms with E-state index in [1.54, 1.807) is 30.3 Å². The SMILES string of the molecule is COC(=O)c1ccccc1S(=O)(=O)NC(C#N)c1ccccc1. The molecule has 0 fully saturated rings. The summed E-state index contributed by atoms with van der Waals surface area (Å²) in [6, 6.07) is 15.0. The van der Waals surface area contributed by atoms with Gasteiger partial charge in [0.1, 0.15) is 6.04 Å². The molecule has 0 saturated carbocycles. The third kappa shape index (κ3) is 3.74. The van der Waals surface area contributed by atoms with Crippen LogP contribution in [0.25, 0.3) is 0 Å². The third-order valence-corrected chi connectivity index (χ3v) is 4.60. The molecule has 0 amide bonds. The van der Waals surface area contributed by atoms with E-state index in [1.165, 1.54) is 31.4 Å². The van der Waals surface area contributed by atoms with E-state index in [9.17, 15) is 18.5 Å². The highest BCUT2D eigenvalue weighted by Crippen LogP contribution is 2.20.